The van der Waals surface area contributed by atoms with Crippen LogP contribution in [0.1, 0.15) is 33.7 Å². The Kier molecular flexibility index (Phi) is 4.53. The Morgan fingerprint density at radius 2 is 2.12 bits per heavy atom. The number of aromatic nitrogens is 2. The van der Waals surface area contributed by atoms with E-state index in [0.717, 1.165) is 17.1 Å². The number of morpholine rings is 1. The predicted molar refractivity (Wildman–Crippen MR) is 89.1 cm³/mol. The third-order valence-electron chi connectivity index (χ3n) is 4.10. The van der Waals surface area contributed by atoms with Crippen LogP contribution < -0.4 is 4.90 Å². The molecule has 0 N–H and O–H groups in total. The molecule has 7 heteroatoms. The Hall–Kier alpha value is -2.41. The normalized spacial score (nSPS) is 17.8. The molecule has 3 rings (SSSR count). The molecular formula is C17H22N4O3. The molecule has 0 radical (unpaired) electrons. The summed E-state index contributed by atoms with van der Waals surface area (Å²) < 4.78 is 11.1. The molecule has 1 fully saturated rings. The quantitative estimate of drug-likeness (QED) is 0.857. The number of anilines is 1. The average Bonchev–Trinajstić information content (AvgIpc) is 2.99. The second kappa shape index (κ2) is 6.60. The highest BCUT2D eigenvalue weighted by atomic mass is 16.5. The molecule has 7 nitrogen and oxygen atoms in total. The molecule has 1 saturated heterocycles. The van der Waals surface area contributed by atoms with Gasteiger partial charge in [0.05, 0.1) is 24.5 Å². The number of oxazole rings is 1. The van der Waals surface area contributed by atoms with Gasteiger partial charge in [-0.15, -0.1) is 0 Å². The van der Waals surface area contributed by atoms with Crippen molar-refractivity contribution < 1.29 is 13.9 Å². The van der Waals surface area contributed by atoms with Gasteiger partial charge in [-0.1, -0.05) is 0 Å². The minimum absolute atomic E-state index is 0.154. The van der Waals surface area contributed by atoms with Gasteiger partial charge in [-0.05, 0) is 26.0 Å². The van der Waals surface area contributed by atoms with Crippen molar-refractivity contribution in [3.05, 3.63) is 41.4 Å². The Morgan fingerprint density at radius 3 is 2.79 bits per heavy atom. The van der Waals surface area contributed by atoms with Crippen molar-refractivity contribution in [3.63, 3.8) is 0 Å². The summed E-state index contributed by atoms with van der Waals surface area (Å²) in [6.07, 6.45) is 1.05. The van der Waals surface area contributed by atoms with Crippen LogP contribution in [0, 0.1) is 13.8 Å². The van der Waals surface area contributed by atoms with Crippen molar-refractivity contribution in [2.75, 3.05) is 38.7 Å². The molecular weight excluding hydrogens is 308 g/mol. The monoisotopic (exact) mass is 330 g/mol. The standard InChI is InChI=1S/C17H22N4O3/c1-11-7-13(20(3)4)8-14(19-11)15-9-21(5-6-23-15)17(22)16-12(2)18-10-24-16/h7-8,10,15H,5-6,9H2,1-4H3. The van der Waals surface area contributed by atoms with E-state index in [1.807, 2.05) is 38.1 Å². The second-order valence-electron chi connectivity index (χ2n) is 6.16. The van der Waals surface area contributed by atoms with Gasteiger partial charge in [0.2, 0.25) is 5.76 Å². The Balaban J connectivity index is 1.81. The molecule has 1 atom stereocenters. The second-order valence-corrected chi connectivity index (χ2v) is 6.16. The molecule has 1 amide bonds. The molecule has 0 spiro atoms. The molecule has 0 aliphatic carbocycles. The van der Waals surface area contributed by atoms with Crippen LogP contribution >= 0.6 is 0 Å². The van der Waals surface area contributed by atoms with E-state index in [1.54, 1.807) is 11.8 Å². The van der Waals surface area contributed by atoms with E-state index >= 15 is 0 Å². The number of nitrogens with zero attached hydrogens (tertiary/aromatic N) is 4. The maximum atomic E-state index is 12.6. The van der Waals surface area contributed by atoms with Crippen LogP contribution in [0.2, 0.25) is 0 Å². The van der Waals surface area contributed by atoms with Gasteiger partial charge in [-0.25, -0.2) is 4.98 Å². The van der Waals surface area contributed by atoms with E-state index in [4.69, 9.17) is 9.15 Å². The van der Waals surface area contributed by atoms with Crippen molar-refractivity contribution in [3.8, 4) is 0 Å². The highest BCUT2D eigenvalue weighted by Crippen LogP contribution is 2.26. The first-order valence-electron chi connectivity index (χ1n) is 7.92. The lowest BCUT2D eigenvalue weighted by atomic mass is 10.1. The lowest BCUT2D eigenvalue weighted by Crippen LogP contribution is -2.42. The maximum absolute atomic E-state index is 12.6. The number of rotatable bonds is 3. The molecule has 0 aromatic carbocycles. The maximum Gasteiger partial charge on any atom is 0.291 e. The number of carbonyl (C=O) groups excluding carboxylic acids is 1. The van der Waals surface area contributed by atoms with Gasteiger partial charge in [-0.3, -0.25) is 9.78 Å². The lowest BCUT2D eigenvalue weighted by Gasteiger charge is -2.32. The molecule has 1 aliphatic rings. The fraction of sp³-hybridized carbons (Fsp3) is 0.471. The van der Waals surface area contributed by atoms with Crippen LogP contribution in [0.5, 0.6) is 0 Å². The summed E-state index contributed by atoms with van der Waals surface area (Å²) in [5.41, 5.74) is 3.43. The van der Waals surface area contributed by atoms with E-state index in [1.165, 1.54) is 6.39 Å². The van der Waals surface area contributed by atoms with Crippen molar-refractivity contribution in [1.82, 2.24) is 14.9 Å². The van der Waals surface area contributed by atoms with Crippen LogP contribution in [-0.4, -0.2) is 54.6 Å². The van der Waals surface area contributed by atoms with Crippen LogP contribution in [-0.2, 0) is 4.74 Å². The zero-order chi connectivity index (χ0) is 17.3. The SMILES string of the molecule is Cc1cc(N(C)C)cc(C2CN(C(=O)c3ocnc3C)CCO2)n1. The van der Waals surface area contributed by atoms with E-state index in [9.17, 15) is 4.79 Å². The molecule has 2 aromatic heterocycles. The molecule has 1 aliphatic heterocycles. The van der Waals surface area contributed by atoms with Gasteiger partial charge in [0.1, 0.15) is 6.10 Å². The number of carbonyl (C=O) groups is 1. The molecule has 0 saturated carbocycles. The first kappa shape index (κ1) is 16.4. The Bertz CT molecular complexity index is 741. The van der Waals surface area contributed by atoms with E-state index in [0.29, 0.717) is 31.2 Å². The van der Waals surface area contributed by atoms with Crippen molar-refractivity contribution in [2.24, 2.45) is 0 Å². The zero-order valence-electron chi connectivity index (χ0n) is 14.4. The molecule has 0 bridgehead atoms. The number of hydrogen-bond donors (Lipinski definition) is 0. The number of ether oxygens (including phenoxy) is 1. The lowest BCUT2D eigenvalue weighted by molar-refractivity contribution is -0.0257. The van der Waals surface area contributed by atoms with E-state index in [2.05, 4.69) is 9.97 Å². The fourth-order valence-electron chi connectivity index (χ4n) is 2.76. The molecule has 3 heterocycles. The summed E-state index contributed by atoms with van der Waals surface area (Å²) in [5, 5.41) is 0. The van der Waals surface area contributed by atoms with Gasteiger partial charge >= 0.3 is 0 Å². The summed E-state index contributed by atoms with van der Waals surface area (Å²) >= 11 is 0. The number of hydrogen-bond acceptors (Lipinski definition) is 6. The van der Waals surface area contributed by atoms with Crippen molar-refractivity contribution in [1.29, 1.82) is 0 Å². The highest BCUT2D eigenvalue weighted by Gasteiger charge is 2.29. The number of amides is 1. The van der Waals surface area contributed by atoms with Gasteiger partial charge in [0, 0.05) is 32.0 Å². The minimum atomic E-state index is -0.246. The Labute approximate surface area is 141 Å². The van der Waals surface area contributed by atoms with E-state index < -0.39 is 0 Å². The largest absolute Gasteiger partial charge is 0.438 e. The van der Waals surface area contributed by atoms with Gasteiger partial charge < -0.3 is 19.0 Å². The summed E-state index contributed by atoms with van der Waals surface area (Å²) in [5.74, 6) is 0.139. The Morgan fingerprint density at radius 1 is 1.33 bits per heavy atom. The zero-order valence-corrected chi connectivity index (χ0v) is 14.4. The summed E-state index contributed by atoms with van der Waals surface area (Å²) in [6, 6.07) is 4.03. The topological polar surface area (TPSA) is 71.7 Å². The van der Waals surface area contributed by atoms with Crippen LogP contribution in [0.4, 0.5) is 5.69 Å². The summed E-state index contributed by atoms with van der Waals surface area (Å²) in [6.45, 7) is 5.17. The van der Waals surface area contributed by atoms with E-state index in [-0.39, 0.29) is 12.0 Å². The van der Waals surface area contributed by atoms with Crippen LogP contribution in [0.3, 0.4) is 0 Å². The molecule has 1 unspecified atom stereocenters. The average molecular weight is 330 g/mol. The van der Waals surface area contributed by atoms with Crippen molar-refractivity contribution >= 4 is 11.6 Å². The first-order valence-corrected chi connectivity index (χ1v) is 7.92. The van der Waals surface area contributed by atoms with Crippen LogP contribution in [0.25, 0.3) is 0 Å². The predicted octanol–water partition coefficient (Wildman–Crippen LogP) is 1.97. The number of pyridine rings is 1. The molecule has 2 aromatic rings. The minimum Gasteiger partial charge on any atom is -0.438 e. The summed E-state index contributed by atoms with van der Waals surface area (Å²) in [4.78, 5) is 25.0. The smallest absolute Gasteiger partial charge is 0.291 e. The fourth-order valence-corrected chi connectivity index (χ4v) is 2.76. The highest BCUT2D eigenvalue weighted by molar-refractivity contribution is 5.92. The first-order chi connectivity index (χ1) is 11.5. The molecule has 128 valence electrons. The third-order valence-corrected chi connectivity index (χ3v) is 4.10. The third kappa shape index (κ3) is 3.26. The number of aryl methyl sites for hydroxylation is 2. The van der Waals surface area contributed by atoms with Gasteiger partial charge in [0.25, 0.3) is 5.91 Å². The van der Waals surface area contributed by atoms with Gasteiger partial charge in [0.15, 0.2) is 6.39 Å². The summed E-state index contributed by atoms with van der Waals surface area (Å²) in [7, 11) is 3.98. The van der Waals surface area contributed by atoms with Crippen molar-refractivity contribution in [2.45, 2.75) is 20.0 Å². The van der Waals surface area contributed by atoms with Gasteiger partial charge in [-0.2, -0.15) is 0 Å². The van der Waals surface area contributed by atoms with Crippen LogP contribution in [0.15, 0.2) is 22.9 Å². The molecule has 24 heavy (non-hydrogen) atoms.